The van der Waals surface area contributed by atoms with Crippen LogP contribution in [0.15, 0.2) is 30.6 Å². The summed E-state index contributed by atoms with van der Waals surface area (Å²) in [6.45, 7) is 1.65. The SMILES string of the molecule is CN(CC1Cc2nc[nH]c2CN1)c1cccc(F)c1. The number of benzene rings is 1. The average Bonchev–Trinajstić information content (AvgIpc) is 2.86. The van der Waals surface area contributed by atoms with Crippen LogP contribution in [0.4, 0.5) is 10.1 Å². The van der Waals surface area contributed by atoms with E-state index < -0.39 is 0 Å². The second-order valence-corrected chi connectivity index (χ2v) is 4.97. The summed E-state index contributed by atoms with van der Waals surface area (Å²) in [6.07, 6.45) is 2.64. The molecule has 1 aromatic heterocycles. The summed E-state index contributed by atoms with van der Waals surface area (Å²) in [6, 6.07) is 7.02. The van der Waals surface area contributed by atoms with Crippen LogP contribution in [0.1, 0.15) is 11.4 Å². The Hall–Kier alpha value is -1.88. The number of aromatic nitrogens is 2. The molecule has 2 N–H and O–H groups in total. The molecule has 0 radical (unpaired) electrons. The first-order chi connectivity index (χ1) is 9.22. The maximum absolute atomic E-state index is 13.2. The largest absolute Gasteiger partial charge is 0.373 e. The van der Waals surface area contributed by atoms with E-state index in [-0.39, 0.29) is 5.82 Å². The van der Waals surface area contributed by atoms with Crippen molar-refractivity contribution in [2.75, 3.05) is 18.5 Å². The van der Waals surface area contributed by atoms with Crippen LogP contribution in [0.3, 0.4) is 0 Å². The summed E-state index contributed by atoms with van der Waals surface area (Å²) < 4.78 is 13.2. The Morgan fingerprint density at radius 3 is 3.21 bits per heavy atom. The molecule has 0 amide bonds. The third-order valence-corrected chi connectivity index (χ3v) is 3.56. The lowest BCUT2D eigenvalue weighted by Gasteiger charge is -2.29. The topological polar surface area (TPSA) is 44.0 Å². The van der Waals surface area contributed by atoms with E-state index in [2.05, 4.69) is 20.2 Å². The summed E-state index contributed by atoms with van der Waals surface area (Å²) in [5.41, 5.74) is 3.20. The average molecular weight is 260 g/mol. The summed E-state index contributed by atoms with van der Waals surface area (Å²) >= 11 is 0. The maximum Gasteiger partial charge on any atom is 0.125 e. The van der Waals surface area contributed by atoms with E-state index in [0.29, 0.717) is 6.04 Å². The van der Waals surface area contributed by atoms with Gasteiger partial charge < -0.3 is 15.2 Å². The minimum absolute atomic E-state index is 0.199. The molecule has 0 saturated carbocycles. The minimum atomic E-state index is -0.199. The Morgan fingerprint density at radius 2 is 2.37 bits per heavy atom. The summed E-state index contributed by atoms with van der Waals surface area (Å²) in [4.78, 5) is 9.53. The first-order valence-corrected chi connectivity index (χ1v) is 6.43. The van der Waals surface area contributed by atoms with Crippen molar-refractivity contribution in [3.05, 3.63) is 47.8 Å². The van der Waals surface area contributed by atoms with Crippen LogP contribution in [0, 0.1) is 5.82 Å². The molecule has 1 unspecified atom stereocenters. The van der Waals surface area contributed by atoms with Gasteiger partial charge in [-0.3, -0.25) is 0 Å². The van der Waals surface area contributed by atoms with Crippen LogP contribution in [0.5, 0.6) is 0 Å². The monoisotopic (exact) mass is 260 g/mol. The fraction of sp³-hybridized carbons (Fsp3) is 0.357. The van der Waals surface area contributed by atoms with Crippen LogP contribution in [-0.4, -0.2) is 29.6 Å². The van der Waals surface area contributed by atoms with E-state index in [0.717, 1.165) is 30.9 Å². The second kappa shape index (κ2) is 5.01. The molecule has 0 fully saturated rings. The number of nitrogens with one attached hydrogen (secondary N) is 2. The Labute approximate surface area is 111 Å². The molecule has 0 aliphatic carbocycles. The number of rotatable bonds is 3. The van der Waals surface area contributed by atoms with E-state index >= 15 is 0 Å². The number of halogens is 1. The van der Waals surface area contributed by atoms with Gasteiger partial charge in [-0.1, -0.05) is 6.07 Å². The number of hydrogen-bond acceptors (Lipinski definition) is 3. The zero-order valence-electron chi connectivity index (χ0n) is 10.9. The molecule has 0 bridgehead atoms. The molecule has 1 aliphatic rings. The molecule has 100 valence electrons. The molecule has 0 spiro atoms. The van der Waals surface area contributed by atoms with Gasteiger partial charge in [0.15, 0.2) is 0 Å². The van der Waals surface area contributed by atoms with Gasteiger partial charge in [-0.15, -0.1) is 0 Å². The minimum Gasteiger partial charge on any atom is -0.373 e. The van der Waals surface area contributed by atoms with Crippen molar-refractivity contribution in [2.24, 2.45) is 0 Å². The predicted molar refractivity (Wildman–Crippen MR) is 72.6 cm³/mol. The smallest absolute Gasteiger partial charge is 0.125 e. The van der Waals surface area contributed by atoms with E-state index in [9.17, 15) is 4.39 Å². The van der Waals surface area contributed by atoms with Gasteiger partial charge in [-0.25, -0.2) is 9.37 Å². The molecule has 1 aromatic carbocycles. The van der Waals surface area contributed by atoms with Gasteiger partial charge >= 0.3 is 0 Å². The highest BCUT2D eigenvalue weighted by Gasteiger charge is 2.21. The summed E-state index contributed by atoms with van der Waals surface area (Å²) in [5.74, 6) is -0.199. The Balaban J connectivity index is 1.66. The zero-order valence-corrected chi connectivity index (χ0v) is 10.9. The van der Waals surface area contributed by atoms with E-state index in [4.69, 9.17) is 0 Å². The van der Waals surface area contributed by atoms with Crippen molar-refractivity contribution < 1.29 is 4.39 Å². The van der Waals surface area contributed by atoms with Crippen molar-refractivity contribution in [3.63, 3.8) is 0 Å². The molecule has 2 heterocycles. The number of nitrogens with zero attached hydrogens (tertiary/aromatic N) is 2. The van der Waals surface area contributed by atoms with Gasteiger partial charge in [0.05, 0.1) is 17.7 Å². The normalized spacial score (nSPS) is 18.1. The number of fused-ring (bicyclic) bond motifs is 1. The van der Waals surface area contributed by atoms with Crippen molar-refractivity contribution in [1.29, 1.82) is 0 Å². The highest BCUT2D eigenvalue weighted by Crippen LogP contribution is 2.17. The highest BCUT2D eigenvalue weighted by molar-refractivity contribution is 5.45. The molecular weight excluding hydrogens is 243 g/mol. The Kier molecular flexibility index (Phi) is 3.21. The lowest BCUT2D eigenvalue weighted by Crippen LogP contribution is -2.43. The van der Waals surface area contributed by atoms with E-state index in [1.807, 2.05) is 13.1 Å². The number of hydrogen-bond donors (Lipinski definition) is 2. The van der Waals surface area contributed by atoms with Crippen molar-refractivity contribution in [2.45, 2.75) is 19.0 Å². The van der Waals surface area contributed by atoms with Gasteiger partial charge in [0.1, 0.15) is 5.82 Å². The standard InChI is InChI=1S/C14H17FN4/c1-19(12-4-2-3-10(15)5-12)8-11-6-13-14(7-16-11)18-9-17-13/h2-5,9,11,16H,6-8H2,1H3,(H,17,18). The fourth-order valence-electron chi connectivity index (χ4n) is 2.51. The molecule has 19 heavy (non-hydrogen) atoms. The predicted octanol–water partition coefficient (Wildman–Crippen LogP) is 1.70. The van der Waals surface area contributed by atoms with Gasteiger partial charge in [0, 0.05) is 38.3 Å². The quantitative estimate of drug-likeness (QED) is 0.883. The molecule has 5 heteroatoms. The highest BCUT2D eigenvalue weighted by atomic mass is 19.1. The fourth-order valence-corrected chi connectivity index (χ4v) is 2.51. The third-order valence-electron chi connectivity index (χ3n) is 3.56. The van der Waals surface area contributed by atoms with Crippen LogP contribution in [0.25, 0.3) is 0 Å². The van der Waals surface area contributed by atoms with Crippen LogP contribution in [-0.2, 0) is 13.0 Å². The number of imidazole rings is 1. The molecule has 0 saturated heterocycles. The van der Waals surface area contributed by atoms with Crippen molar-refractivity contribution in [3.8, 4) is 0 Å². The first kappa shape index (κ1) is 12.2. The van der Waals surface area contributed by atoms with E-state index in [1.165, 1.54) is 11.8 Å². The molecule has 3 rings (SSSR count). The van der Waals surface area contributed by atoms with Gasteiger partial charge in [-0.2, -0.15) is 0 Å². The lowest BCUT2D eigenvalue weighted by atomic mass is 10.0. The Bertz CT molecular complexity index is 566. The lowest BCUT2D eigenvalue weighted by molar-refractivity contribution is 0.471. The maximum atomic E-state index is 13.2. The second-order valence-electron chi connectivity index (χ2n) is 4.97. The Morgan fingerprint density at radius 1 is 1.47 bits per heavy atom. The van der Waals surface area contributed by atoms with Crippen LogP contribution < -0.4 is 10.2 Å². The summed E-state index contributed by atoms with van der Waals surface area (Å²) in [5, 5.41) is 3.47. The van der Waals surface area contributed by atoms with Gasteiger partial charge in [-0.05, 0) is 18.2 Å². The summed E-state index contributed by atoms with van der Waals surface area (Å²) in [7, 11) is 1.98. The van der Waals surface area contributed by atoms with E-state index in [1.54, 1.807) is 18.5 Å². The number of H-pyrrole nitrogens is 1. The van der Waals surface area contributed by atoms with Crippen molar-refractivity contribution in [1.82, 2.24) is 15.3 Å². The van der Waals surface area contributed by atoms with Gasteiger partial charge in [0.25, 0.3) is 0 Å². The molecule has 1 aliphatic heterocycles. The van der Waals surface area contributed by atoms with Crippen LogP contribution >= 0.6 is 0 Å². The van der Waals surface area contributed by atoms with Gasteiger partial charge in [0.2, 0.25) is 0 Å². The third kappa shape index (κ3) is 2.61. The van der Waals surface area contributed by atoms with Crippen molar-refractivity contribution >= 4 is 5.69 Å². The molecule has 2 aromatic rings. The van der Waals surface area contributed by atoms with Crippen LogP contribution in [0.2, 0.25) is 0 Å². The first-order valence-electron chi connectivity index (χ1n) is 6.43. The number of likely N-dealkylation sites (N-methyl/N-ethyl adjacent to an activating group) is 1. The molecule has 1 atom stereocenters. The zero-order chi connectivity index (χ0) is 13.2. The number of aromatic amines is 1. The molecular formula is C14H17FN4. The molecule has 4 nitrogen and oxygen atoms in total. The number of anilines is 1.